The summed E-state index contributed by atoms with van der Waals surface area (Å²) in [5.41, 5.74) is 4.13. The van der Waals surface area contributed by atoms with Crippen LogP contribution in [0, 0.1) is 5.92 Å². The van der Waals surface area contributed by atoms with Gasteiger partial charge in [-0.3, -0.25) is 4.79 Å². The first-order chi connectivity index (χ1) is 14.8. The fourth-order valence-electron chi connectivity index (χ4n) is 4.89. The van der Waals surface area contributed by atoms with E-state index in [-0.39, 0.29) is 17.4 Å². The van der Waals surface area contributed by atoms with Gasteiger partial charge in [0.05, 0.1) is 0 Å². The number of aromatic nitrogens is 1. The maximum absolute atomic E-state index is 13.2. The SMILES string of the molecule is CN(C)c1ccc(-c2ccc(=O)n3c2[C@@H]2C[C@@H](CN(S(=O)(=O)c4cccs4)C2)C3)cc1. The van der Waals surface area contributed by atoms with Gasteiger partial charge in [0.1, 0.15) is 4.21 Å². The summed E-state index contributed by atoms with van der Waals surface area (Å²) in [6.45, 7) is 1.43. The minimum absolute atomic E-state index is 0.000312. The van der Waals surface area contributed by atoms with Crippen LogP contribution in [0.4, 0.5) is 5.69 Å². The van der Waals surface area contributed by atoms with Gasteiger partial charge in [0, 0.05) is 62.7 Å². The van der Waals surface area contributed by atoms with Crippen molar-refractivity contribution in [2.45, 2.75) is 23.1 Å². The van der Waals surface area contributed by atoms with E-state index in [1.807, 2.05) is 29.6 Å². The second kappa shape index (κ2) is 7.62. The van der Waals surface area contributed by atoms with Crippen LogP contribution in [-0.4, -0.2) is 44.5 Å². The highest BCUT2D eigenvalue weighted by molar-refractivity contribution is 7.91. The Bertz CT molecular complexity index is 1260. The number of sulfonamides is 1. The van der Waals surface area contributed by atoms with E-state index in [1.165, 1.54) is 11.3 Å². The molecule has 0 radical (unpaired) electrons. The van der Waals surface area contributed by atoms with Crippen molar-refractivity contribution in [3.63, 3.8) is 0 Å². The zero-order valence-corrected chi connectivity index (χ0v) is 19.2. The molecule has 0 aliphatic carbocycles. The third-order valence-corrected chi connectivity index (χ3v) is 9.55. The largest absolute Gasteiger partial charge is 0.378 e. The molecule has 6 nitrogen and oxygen atoms in total. The van der Waals surface area contributed by atoms with Crippen molar-refractivity contribution >= 4 is 27.0 Å². The predicted molar refractivity (Wildman–Crippen MR) is 124 cm³/mol. The van der Waals surface area contributed by atoms with Crippen molar-refractivity contribution in [2.24, 2.45) is 5.92 Å². The van der Waals surface area contributed by atoms with Crippen LogP contribution in [0.25, 0.3) is 11.1 Å². The number of piperidine rings is 1. The Morgan fingerprint density at radius 3 is 2.45 bits per heavy atom. The number of hydrogen-bond acceptors (Lipinski definition) is 5. The first kappa shape index (κ1) is 20.5. The summed E-state index contributed by atoms with van der Waals surface area (Å²) in [6, 6.07) is 15.3. The average Bonchev–Trinajstić information content (AvgIpc) is 3.30. The van der Waals surface area contributed by atoms with Gasteiger partial charge in [0.25, 0.3) is 15.6 Å². The third-order valence-electron chi connectivity index (χ3n) is 6.34. The molecule has 1 aromatic carbocycles. The van der Waals surface area contributed by atoms with Crippen molar-refractivity contribution in [1.29, 1.82) is 0 Å². The van der Waals surface area contributed by atoms with Gasteiger partial charge >= 0.3 is 0 Å². The molecule has 2 aliphatic heterocycles. The van der Waals surface area contributed by atoms with E-state index in [2.05, 4.69) is 24.3 Å². The summed E-state index contributed by atoms with van der Waals surface area (Å²) in [5, 5.41) is 1.79. The highest BCUT2D eigenvalue weighted by Crippen LogP contribution is 2.41. The first-order valence-corrected chi connectivity index (χ1v) is 12.7. The van der Waals surface area contributed by atoms with E-state index in [1.54, 1.807) is 27.9 Å². The minimum Gasteiger partial charge on any atom is -0.378 e. The topological polar surface area (TPSA) is 62.6 Å². The molecule has 0 unspecified atom stereocenters. The fraction of sp³-hybridized carbons (Fsp3) is 0.348. The highest BCUT2D eigenvalue weighted by Gasteiger charge is 2.40. The molecule has 2 aliphatic rings. The molecule has 0 saturated carbocycles. The molecule has 3 aromatic rings. The number of nitrogens with zero attached hydrogens (tertiary/aromatic N) is 3. The molecule has 4 heterocycles. The quantitative estimate of drug-likeness (QED) is 0.605. The van der Waals surface area contributed by atoms with Crippen LogP contribution in [0.1, 0.15) is 18.0 Å². The van der Waals surface area contributed by atoms with Crippen LogP contribution >= 0.6 is 11.3 Å². The maximum Gasteiger partial charge on any atom is 0.252 e. The summed E-state index contributed by atoms with van der Waals surface area (Å²) in [6.07, 6.45) is 0.905. The molecule has 2 atom stereocenters. The summed E-state index contributed by atoms with van der Waals surface area (Å²) in [7, 11) is 0.500. The molecule has 2 bridgehead atoms. The number of rotatable bonds is 4. The molecule has 5 rings (SSSR count). The average molecular weight is 456 g/mol. The number of pyridine rings is 1. The monoisotopic (exact) mass is 455 g/mol. The van der Waals surface area contributed by atoms with Crippen LogP contribution in [0.5, 0.6) is 0 Å². The molecule has 31 heavy (non-hydrogen) atoms. The highest BCUT2D eigenvalue weighted by atomic mass is 32.2. The van der Waals surface area contributed by atoms with E-state index >= 15 is 0 Å². The van der Waals surface area contributed by atoms with Gasteiger partial charge < -0.3 is 9.47 Å². The molecule has 1 saturated heterocycles. The maximum atomic E-state index is 13.2. The molecule has 8 heteroatoms. The lowest BCUT2D eigenvalue weighted by molar-refractivity contribution is 0.187. The number of thiophene rings is 1. The van der Waals surface area contributed by atoms with Crippen LogP contribution in [0.3, 0.4) is 0 Å². The summed E-state index contributed by atoms with van der Waals surface area (Å²) in [4.78, 5) is 14.8. The third kappa shape index (κ3) is 3.52. The smallest absolute Gasteiger partial charge is 0.252 e. The Kier molecular flexibility index (Phi) is 5.03. The van der Waals surface area contributed by atoms with Crippen LogP contribution in [0.2, 0.25) is 0 Å². The molecule has 0 amide bonds. The molecule has 0 spiro atoms. The second-order valence-electron chi connectivity index (χ2n) is 8.58. The van der Waals surface area contributed by atoms with Crippen molar-refractivity contribution in [3.05, 3.63) is 70.0 Å². The van der Waals surface area contributed by atoms with Crippen LogP contribution < -0.4 is 10.5 Å². The molecule has 0 N–H and O–H groups in total. The summed E-state index contributed by atoms with van der Waals surface area (Å²) < 4.78 is 30.2. The van der Waals surface area contributed by atoms with Gasteiger partial charge in [-0.15, -0.1) is 11.3 Å². The zero-order chi connectivity index (χ0) is 21.8. The van der Waals surface area contributed by atoms with Crippen molar-refractivity contribution in [2.75, 3.05) is 32.1 Å². The van der Waals surface area contributed by atoms with Gasteiger partial charge in [0.15, 0.2) is 0 Å². The predicted octanol–water partition coefficient (Wildman–Crippen LogP) is 3.45. The lowest BCUT2D eigenvalue weighted by atomic mass is 9.81. The zero-order valence-electron chi connectivity index (χ0n) is 17.6. The standard InChI is InChI=1S/C23H25N3O3S2/c1-24(2)19-7-5-17(6-8-19)20-9-10-21(27)26-14-16-12-18(23(20)26)15-25(13-16)31(28,29)22-4-3-11-30-22/h3-11,16,18H,12-15H2,1-2H3/t16-,18+/m0/s1. The molecule has 1 fully saturated rings. The van der Waals surface area contributed by atoms with Gasteiger partial charge in [-0.2, -0.15) is 4.31 Å². The number of benzene rings is 1. The number of hydrogen-bond donors (Lipinski definition) is 0. The molecule has 162 valence electrons. The molecular weight excluding hydrogens is 430 g/mol. The number of anilines is 1. The van der Waals surface area contributed by atoms with Crippen molar-refractivity contribution in [3.8, 4) is 11.1 Å². The summed E-state index contributed by atoms with van der Waals surface area (Å²) in [5.74, 6) is 0.143. The van der Waals surface area contributed by atoms with Crippen LogP contribution in [-0.2, 0) is 16.6 Å². The minimum atomic E-state index is -3.51. The molecular formula is C23H25N3O3S2. The normalized spacial score (nSPS) is 21.0. The van der Waals surface area contributed by atoms with E-state index in [9.17, 15) is 13.2 Å². The Hall–Kier alpha value is -2.42. The van der Waals surface area contributed by atoms with Gasteiger partial charge in [-0.05, 0) is 47.5 Å². The fourth-order valence-corrected chi connectivity index (χ4v) is 7.59. The Morgan fingerprint density at radius 2 is 1.77 bits per heavy atom. The first-order valence-electron chi connectivity index (χ1n) is 10.4. The Labute approximate surface area is 186 Å². The van der Waals surface area contributed by atoms with Gasteiger partial charge in [0.2, 0.25) is 0 Å². The lowest BCUT2D eigenvalue weighted by Gasteiger charge is -2.42. The van der Waals surface area contributed by atoms with Gasteiger partial charge in [-0.25, -0.2) is 8.42 Å². The Morgan fingerprint density at radius 1 is 1.00 bits per heavy atom. The number of fused-ring (bicyclic) bond motifs is 4. The summed E-state index contributed by atoms with van der Waals surface area (Å²) >= 11 is 1.25. The van der Waals surface area contributed by atoms with Crippen molar-refractivity contribution < 1.29 is 8.42 Å². The van der Waals surface area contributed by atoms with E-state index in [0.29, 0.717) is 23.8 Å². The van der Waals surface area contributed by atoms with E-state index < -0.39 is 10.0 Å². The van der Waals surface area contributed by atoms with E-state index in [0.717, 1.165) is 28.9 Å². The molecule has 2 aromatic heterocycles. The van der Waals surface area contributed by atoms with Gasteiger partial charge in [-0.1, -0.05) is 18.2 Å². The lowest BCUT2D eigenvalue weighted by Crippen LogP contribution is -2.49. The van der Waals surface area contributed by atoms with Crippen molar-refractivity contribution in [1.82, 2.24) is 8.87 Å². The second-order valence-corrected chi connectivity index (χ2v) is 11.7. The van der Waals surface area contributed by atoms with Crippen LogP contribution in [0.15, 0.2) is 62.9 Å². The Balaban J connectivity index is 1.56. The van der Waals surface area contributed by atoms with E-state index in [4.69, 9.17) is 0 Å².